The minimum Gasteiger partial charge on any atom is -0.348 e. The van der Waals surface area contributed by atoms with Crippen LogP contribution in [0.2, 0.25) is 0 Å². The second-order valence-electron chi connectivity index (χ2n) is 6.99. The van der Waals surface area contributed by atoms with Crippen molar-refractivity contribution in [2.24, 2.45) is 5.92 Å². The van der Waals surface area contributed by atoms with E-state index in [-0.39, 0.29) is 17.4 Å². The normalized spacial score (nSPS) is 15.8. The number of hydrogen-bond acceptors (Lipinski definition) is 5. The van der Waals surface area contributed by atoms with Gasteiger partial charge in [-0.15, -0.1) is 6.58 Å². The number of carbonyl (C=O) groups is 1. The third-order valence-corrected chi connectivity index (χ3v) is 5.03. The van der Waals surface area contributed by atoms with Gasteiger partial charge in [-0.05, 0) is 18.6 Å². The molecule has 7 heteroatoms. The Balaban J connectivity index is 1.83. The zero-order valence-electron chi connectivity index (χ0n) is 16.1. The van der Waals surface area contributed by atoms with Crippen molar-refractivity contribution in [1.29, 1.82) is 0 Å². The molecule has 1 fully saturated rings. The van der Waals surface area contributed by atoms with Gasteiger partial charge in [0.1, 0.15) is 5.52 Å². The van der Waals surface area contributed by atoms with Crippen LogP contribution in [0.5, 0.6) is 0 Å². The topological polar surface area (TPSA) is 71.3 Å². The summed E-state index contributed by atoms with van der Waals surface area (Å²) in [6.45, 7) is 10.6. The molecular formula is C20H27N5O2. The Morgan fingerprint density at radius 3 is 2.74 bits per heavy atom. The first-order valence-corrected chi connectivity index (χ1v) is 9.57. The van der Waals surface area contributed by atoms with E-state index in [1.165, 1.54) is 0 Å². The fraction of sp³-hybridized carbons (Fsp3) is 0.500. The van der Waals surface area contributed by atoms with Crippen LogP contribution < -0.4 is 10.5 Å². The summed E-state index contributed by atoms with van der Waals surface area (Å²) in [7, 11) is 0. The van der Waals surface area contributed by atoms with Crippen molar-refractivity contribution < 1.29 is 4.79 Å². The zero-order valence-corrected chi connectivity index (χ0v) is 16.1. The van der Waals surface area contributed by atoms with Crippen LogP contribution in [0.15, 0.2) is 35.8 Å². The Hall–Kier alpha value is -2.70. The first kappa shape index (κ1) is 19.1. The van der Waals surface area contributed by atoms with Gasteiger partial charge in [0, 0.05) is 44.8 Å². The van der Waals surface area contributed by atoms with Gasteiger partial charge in [-0.25, -0.2) is 9.97 Å². The largest absolute Gasteiger partial charge is 0.348 e. The number of rotatable bonds is 6. The van der Waals surface area contributed by atoms with Crippen molar-refractivity contribution in [3.8, 4) is 0 Å². The molecule has 1 saturated heterocycles. The fourth-order valence-electron chi connectivity index (χ4n) is 3.57. The highest BCUT2D eigenvalue weighted by Gasteiger charge is 2.26. The van der Waals surface area contributed by atoms with Crippen LogP contribution in [0.4, 0.5) is 5.82 Å². The molecule has 0 saturated carbocycles. The Kier molecular flexibility index (Phi) is 5.88. The number of carbonyl (C=O) groups excluding carboxylic acids is 1. The SMILES string of the molecule is C=CCn1c(=O)c(N2CCN(C(=O)[C@H](C)CCC)CC2)nc2cccnc21. The maximum Gasteiger partial charge on any atom is 0.295 e. The number of aromatic nitrogens is 3. The molecule has 0 radical (unpaired) electrons. The van der Waals surface area contributed by atoms with E-state index in [4.69, 9.17) is 0 Å². The van der Waals surface area contributed by atoms with Gasteiger partial charge in [0.15, 0.2) is 11.5 Å². The third kappa shape index (κ3) is 3.86. The van der Waals surface area contributed by atoms with Crippen LogP contribution >= 0.6 is 0 Å². The van der Waals surface area contributed by atoms with Crippen LogP contribution in [-0.4, -0.2) is 51.5 Å². The first-order valence-electron chi connectivity index (χ1n) is 9.57. The van der Waals surface area contributed by atoms with E-state index in [0.29, 0.717) is 49.7 Å². The number of pyridine rings is 1. The summed E-state index contributed by atoms with van der Waals surface area (Å²) >= 11 is 0. The van der Waals surface area contributed by atoms with E-state index in [1.807, 2.05) is 28.9 Å². The molecular weight excluding hydrogens is 342 g/mol. The van der Waals surface area contributed by atoms with Crippen LogP contribution in [0.1, 0.15) is 26.7 Å². The number of anilines is 1. The third-order valence-electron chi connectivity index (χ3n) is 5.03. The average Bonchev–Trinajstić information content (AvgIpc) is 2.70. The van der Waals surface area contributed by atoms with Crippen LogP contribution in [0.25, 0.3) is 11.2 Å². The highest BCUT2D eigenvalue weighted by molar-refractivity contribution is 5.79. The second-order valence-corrected chi connectivity index (χ2v) is 6.99. The number of fused-ring (bicyclic) bond motifs is 1. The van der Waals surface area contributed by atoms with Crippen molar-refractivity contribution >= 4 is 22.9 Å². The predicted octanol–water partition coefficient (Wildman–Crippen LogP) is 2.06. The Morgan fingerprint density at radius 1 is 1.33 bits per heavy atom. The molecule has 0 aliphatic carbocycles. The quantitative estimate of drug-likeness (QED) is 0.729. The smallest absolute Gasteiger partial charge is 0.295 e. The van der Waals surface area contributed by atoms with E-state index < -0.39 is 0 Å². The highest BCUT2D eigenvalue weighted by atomic mass is 16.2. The van der Waals surface area contributed by atoms with Gasteiger partial charge >= 0.3 is 0 Å². The number of piperazine rings is 1. The van der Waals surface area contributed by atoms with Crippen molar-refractivity contribution in [3.63, 3.8) is 0 Å². The molecule has 0 bridgehead atoms. The first-order chi connectivity index (χ1) is 13.1. The van der Waals surface area contributed by atoms with Crippen molar-refractivity contribution in [2.45, 2.75) is 33.2 Å². The lowest BCUT2D eigenvalue weighted by Crippen LogP contribution is -2.51. The summed E-state index contributed by atoms with van der Waals surface area (Å²) in [6.07, 6.45) is 5.25. The number of hydrogen-bond donors (Lipinski definition) is 0. The number of amides is 1. The van der Waals surface area contributed by atoms with Gasteiger partial charge in [0.25, 0.3) is 5.56 Å². The second kappa shape index (κ2) is 8.33. The molecule has 0 aromatic carbocycles. The molecule has 0 N–H and O–H groups in total. The number of nitrogens with zero attached hydrogens (tertiary/aromatic N) is 5. The molecule has 1 aliphatic rings. The van der Waals surface area contributed by atoms with E-state index in [2.05, 4.69) is 23.5 Å². The van der Waals surface area contributed by atoms with Crippen molar-refractivity contribution in [3.05, 3.63) is 41.3 Å². The maximum atomic E-state index is 13.0. The van der Waals surface area contributed by atoms with Crippen LogP contribution in [-0.2, 0) is 11.3 Å². The lowest BCUT2D eigenvalue weighted by molar-refractivity contribution is -0.135. The summed E-state index contributed by atoms with van der Waals surface area (Å²) in [5.41, 5.74) is 1.08. The Labute approximate surface area is 159 Å². The molecule has 3 heterocycles. The molecule has 2 aromatic rings. The molecule has 2 aromatic heterocycles. The van der Waals surface area contributed by atoms with E-state index in [0.717, 1.165) is 12.8 Å². The highest BCUT2D eigenvalue weighted by Crippen LogP contribution is 2.17. The maximum absolute atomic E-state index is 13.0. The van der Waals surface area contributed by atoms with Crippen LogP contribution in [0, 0.1) is 5.92 Å². The minimum atomic E-state index is -0.166. The zero-order chi connectivity index (χ0) is 19.4. The molecule has 144 valence electrons. The molecule has 27 heavy (non-hydrogen) atoms. The summed E-state index contributed by atoms with van der Waals surface area (Å²) in [5, 5.41) is 0. The van der Waals surface area contributed by atoms with E-state index in [9.17, 15) is 9.59 Å². The summed E-state index contributed by atoms with van der Waals surface area (Å²) in [6, 6.07) is 3.67. The lowest BCUT2D eigenvalue weighted by Gasteiger charge is -2.36. The van der Waals surface area contributed by atoms with Gasteiger partial charge in [0.2, 0.25) is 5.91 Å². The van der Waals surface area contributed by atoms with Crippen LogP contribution in [0.3, 0.4) is 0 Å². The molecule has 1 amide bonds. The van der Waals surface area contributed by atoms with E-state index >= 15 is 0 Å². The van der Waals surface area contributed by atoms with Gasteiger partial charge in [0.05, 0.1) is 0 Å². The Bertz CT molecular complexity index is 884. The summed E-state index contributed by atoms with van der Waals surface area (Å²) in [4.78, 5) is 38.2. The van der Waals surface area contributed by atoms with Gasteiger partial charge < -0.3 is 9.80 Å². The molecule has 0 spiro atoms. The number of allylic oxidation sites excluding steroid dienone is 1. The standard InChI is InChI=1S/C20H27N5O2/c1-4-7-15(3)19(26)24-13-11-23(12-14-24)18-20(27)25(10-5-2)17-16(22-18)8-6-9-21-17/h5-6,8-9,15H,2,4,7,10-14H2,1,3H3/t15-/m1/s1. The van der Waals surface area contributed by atoms with Gasteiger partial charge in [-0.2, -0.15) is 0 Å². The van der Waals surface area contributed by atoms with Crippen molar-refractivity contribution in [1.82, 2.24) is 19.4 Å². The predicted molar refractivity (Wildman–Crippen MR) is 107 cm³/mol. The Morgan fingerprint density at radius 2 is 2.07 bits per heavy atom. The van der Waals surface area contributed by atoms with E-state index in [1.54, 1.807) is 16.8 Å². The summed E-state index contributed by atoms with van der Waals surface area (Å²) < 4.78 is 1.60. The average molecular weight is 369 g/mol. The van der Waals surface area contributed by atoms with Gasteiger partial charge in [-0.3, -0.25) is 14.2 Å². The fourth-order valence-corrected chi connectivity index (χ4v) is 3.57. The lowest BCUT2D eigenvalue weighted by atomic mass is 10.0. The minimum absolute atomic E-state index is 0.0521. The summed E-state index contributed by atoms with van der Waals surface area (Å²) in [5.74, 6) is 0.679. The molecule has 0 unspecified atom stereocenters. The molecule has 7 nitrogen and oxygen atoms in total. The van der Waals surface area contributed by atoms with Gasteiger partial charge in [-0.1, -0.05) is 26.3 Å². The molecule has 3 rings (SSSR count). The monoisotopic (exact) mass is 369 g/mol. The van der Waals surface area contributed by atoms with Crippen molar-refractivity contribution in [2.75, 3.05) is 31.1 Å². The molecule has 1 aliphatic heterocycles. The molecule has 1 atom stereocenters.